The number of carbonyl (C=O) groups is 1. The van der Waals surface area contributed by atoms with Gasteiger partial charge >= 0.3 is 0 Å². The Hall–Kier alpha value is -2.48. The highest BCUT2D eigenvalue weighted by Gasteiger charge is 2.17. The fraction of sp³-hybridized carbons (Fsp3) is 0.0769. The van der Waals surface area contributed by atoms with Crippen molar-refractivity contribution in [2.24, 2.45) is 0 Å². The molecule has 1 aromatic heterocycles. The molecule has 0 fully saturated rings. The summed E-state index contributed by atoms with van der Waals surface area (Å²) >= 11 is 3.20. The van der Waals surface area contributed by atoms with Crippen molar-refractivity contribution in [3.05, 3.63) is 56.7 Å². The van der Waals surface area contributed by atoms with E-state index in [0.29, 0.717) is 10.2 Å². The Morgan fingerprint density at radius 1 is 1.43 bits per heavy atom. The van der Waals surface area contributed by atoms with Crippen LogP contribution in [0.15, 0.2) is 41.0 Å². The number of benzene rings is 1. The predicted octanol–water partition coefficient (Wildman–Crippen LogP) is 3.01. The second-order valence-corrected chi connectivity index (χ2v) is 4.79. The molecule has 0 radical (unpaired) electrons. The van der Waals surface area contributed by atoms with Crippen molar-refractivity contribution < 1.29 is 14.5 Å². The van der Waals surface area contributed by atoms with Gasteiger partial charge in [-0.05, 0) is 34.1 Å². The summed E-state index contributed by atoms with van der Waals surface area (Å²) in [5, 5.41) is 13.4. The lowest BCUT2D eigenvalue weighted by Crippen LogP contribution is -2.14. The van der Waals surface area contributed by atoms with Gasteiger partial charge < -0.3 is 10.1 Å². The molecule has 1 N–H and O–H groups in total. The minimum atomic E-state index is -0.562. The van der Waals surface area contributed by atoms with Crippen molar-refractivity contribution in [3.63, 3.8) is 0 Å². The molecule has 7 nitrogen and oxygen atoms in total. The first-order valence-corrected chi connectivity index (χ1v) is 6.56. The van der Waals surface area contributed by atoms with Crippen LogP contribution in [0.4, 0.5) is 11.4 Å². The number of hydrogen-bond donors (Lipinski definition) is 1. The number of nitrogens with one attached hydrogen (secondary N) is 1. The number of anilines is 1. The molecule has 0 spiro atoms. The molecule has 0 saturated carbocycles. The van der Waals surface area contributed by atoms with Crippen LogP contribution in [0, 0.1) is 10.1 Å². The Kier molecular flexibility index (Phi) is 4.49. The van der Waals surface area contributed by atoms with E-state index in [2.05, 4.69) is 26.2 Å². The van der Waals surface area contributed by atoms with E-state index in [1.165, 1.54) is 31.5 Å². The second kappa shape index (κ2) is 6.31. The van der Waals surface area contributed by atoms with Crippen LogP contribution in [0.25, 0.3) is 0 Å². The molecule has 2 aromatic rings. The highest BCUT2D eigenvalue weighted by Crippen LogP contribution is 2.25. The van der Waals surface area contributed by atoms with E-state index in [-0.39, 0.29) is 17.1 Å². The molecule has 1 amide bonds. The summed E-state index contributed by atoms with van der Waals surface area (Å²) < 4.78 is 5.48. The first kappa shape index (κ1) is 14.9. The van der Waals surface area contributed by atoms with Crippen LogP contribution >= 0.6 is 15.9 Å². The van der Waals surface area contributed by atoms with Gasteiger partial charge in [0.15, 0.2) is 0 Å². The highest BCUT2D eigenvalue weighted by atomic mass is 79.9. The number of pyridine rings is 1. The number of halogens is 1. The Morgan fingerprint density at radius 2 is 2.19 bits per heavy atom. The van der Waals surface area contributed by atoms with Crippen LogP contribution < -0.4 is 10.1 Å². The number of nitro groups is 1. The molecule has 0 unspecified atom stereocenters. The number of nitro benzene ring substituents is 1. The zero-order valence-corrected chi connectivity index (χ0v) is 12.5. The maximum atomic E-state index is 12.2. The highest BCUT2D eigenvalue weighted by molar-refractivity contribution is 9.10. The van der Waals surface area contributed by atoms with Gasteiger partial charge in [0, 0.05) is 22.8 Å². The zero-order chi connectivity index (χ0) is 15.4. The number of non-ortho nitro benzene ring substituents is 1. The predicted molar refractivity (Wildman–Crippen MR) is 79.5 cm³/mol. The van der Waals surface area contributed by atoms with Crippen LogP contribution in [0.5, 0.6) is 5.88 Å². The van der Waals surface area contributed by atoms with Crippen LogP contribution in [-0.2, 0) is 0 Å². The maximum absolute atomic E-state index is 12.2. The summed E-state index contributed by atoms with van der Waals surface area (Å²) in [6.45, 7) is 0. The molecule has 1 heterocycles. The Labute approximate surface area is 128 Å². The molecule has 0 aliphatic carbocycles. The van der Waals surface area contributed by atoms with Crippen molar-refractivity contribution in [2.75, 3.05) is 12.4 Å². The van der Waals surface area contributed by atoms with E-state index < -0.39 is 10.8 Å². The number of nitrogens with zero attached hydrogens (tertiary/aromatic N) is 2. The quantitative estimate of drug-likeness (QED) is 0.674. The van der Waals surface area contributed by atoms with Crippen molar-refractivity contribution in [2.45, 2.75) is 0 Å². The molecule has 0 atom stereocenters. The first-order valence-electron chi connectivity index (χ1n) is 5.77. The van der Waals surface area contributed by atoms with Crippen molar-refractivity contribution in [1.29, 1.82) is 0 Å². The summed E-state index contributed by atoms with van der Waals surface area (Å²) in [6, 6.07) is 7.22. The maximum Gasteiger partial charge on any atom is 0.270 e. The largest absolute Gasteiger partial charge is 0.480 e. The van der Waals surface area contributed by atoms with Gasteiger partial charge in [-0.25, -0.2) is 4.98 Å². The molecule has 0 aliphatic rings. The van der Waals surface area contributed by atoms with Crippen molar-refractivity contribution >= 4 is 33.2 Å². The van der Waals surface area contributed by atoms with Gasteiger partial charge in [0.1, 0.15) is 5.69 Å². The molecule has 2 rings (SSSR count). The van der Waals surface area contributed by atoms with Gasteiger partial charge in [0.25, 0.3) is 11.6 Å². The molecule has 8 heteroatoms. The summed E-state index contributed by atoms with van der Waals surface area (Å²) in [6.07, 6.45) is 1.53. The van der Waals surface area contributed by atoms with Gasteiger partial charge in [-0.1, -0.05) is 0 Å². The number of hydrogen-bond acceptors (Lipinski definition) is 5. The SMILES string of the molecule is COc1ncccc1NC(=O)c1cc([N+](=O)[O-])ccc1Br. The van der Waals surface area contributed by atoms with Crippen LogP contribution in [0.3, 0.4) is 0 Å². The molecule has 0 bridgehead atoms. The van der Waals surface area contributed by atoms with E-state index in [1.54, 1.807) is 12.1 Å². The molecule has 21 heavy (non-hydrogen) atoms. The van der Waals surface area contributed by atoms with E-state index in [0.717, 1.165) is 0 Å². The van der Waals surface area contributed by atoms with E-state index >= 15 is 0 Å². The summed E-state index contributed by atoms with van der Waals surface area (Å²) in [5.41, 5.74) is 0.361. The topological polar surface area (TPSA) is 94.4 Å². The average molecular weight is 352 g/mol. The molecular weight excluding hydrogens is 342 g/mol. The molecular formula is C13H10BrN3O4. The lowest BCUT2D eigenvalue weighted by Gasteiger charge is -2.09. The lowest BCUT2D eigenvalue weighted by atomic mass is 10.2. The lowest BCUT2D eigenvalue weighted by molar-refractivity contribution is -0.384. The number of aromatic nitrogens is 1. The third-order valence-electron chi connectivity index (χ3n) is 2.62. The van der Waals surface area contributed by atoms with E-state index in [4.69, 9.17) is 4.74 Å². The number of carbonyl (C=O) groups excluding carboxylic acids is 1. The van der Waals surface area contributed by atoms with Gasteiger partial charge in [-0.2, -0.15) is 0 Å². The number of rotatable bonds is 4. The van der Waals surface area contributed by atoms with E-state index in [1.807, 2.05) is 0 Å². The average Bonchev–Trinajstić information content (AvgIpc) is 2.47. The van der Waals surface area contributed by atoms with Gasteiger partial charge in [-0.3, -0.25) is 14.9 Å². The fourth-order valence-electron chi connectivity index (χ4n) is 1.64. The summed E-state index contributed by atoms with van der Waals surface area (Å²) in [4.78, 5) is 26.4. The molecule has 0 saturated heterocycles. The van der Waals surface area contributed by atoms with Crippen LogP contribution in [0.1, 0.15) is 10.4 Å². The fourth-order valence-corrected chi connectivity index (χ4v) is 2.07. The van der Waals surface area contributed by atoms with Gasteiger partial charge in [-0.15, -0.1) is 0 Å². The second-order valence-electron chi connectivity index (χ2n) is 3.94. The molecule has 0 aliphatic heterocycles. The number of methoxy groups -OCH3 is 1. The van der Waals surface area contributed by atoms with E-state index in [9.17, 15) is 14.9 Å². The monoisotopic (exact) mass is 351 g/mol. The summed E-state index contributed by atoms with van der Waals surface area (Å²) in [7, 11) is 1.43. The summed E-state index contributed by atoms with van der Waals surface area (Å²) in [5.74, 6) is -0.246. The van der Waals surface area contributed by atoms with Crippen molar-refractivity contribution in [1.82, 2.24) is 4.98 Å². The van der Waals surface area contributed by atoms with Gasteiger partial charge in [0.2, 0.25) is 5.88 Å². The third kappa shape index (κ3) is 3.34. The van der Waals surface area contributed by atoms with Crippen LogP contribution in [-0.4, -0.2) is 22.9 Å². The molecule has 1 aromatic carbocycles. The number of amides is 1. The Balaban J connectivity index is 2.32. The van der Waals surface area contributed by atoms with Gasteiger partial charge in [0.05, 0.1) is 17.6 Å². The number of ether oxygens (including phenoxy) is 1. The smallest absolute Gasteiger partial charge is 0.270 e. The third-order valence-corrected chi connectivity index (χ3v) is 3.31. The Morgan fingerprint density at radius 3 is 2.86 bits per heavy atom. The normalized spacial score (nSPS) is 10.0. The minimum absolute atomic E-state index is 0.148. The van der Waals surface area contributed by atoms with Crippen molar-refractivity contribution in [3.8, 4) is 5.88 Å². The molecule has 108 valence electrons. The Bertz CT molecular complexity index is 706. The standard InChI is InChI=1S/C13H10BrN3O4/c1-21-13-11(3-2-6-15-13)16-12(18)9-7-8(17(19)20)4-5-10(9)14/h2-7H,1H3,(H,16,18). The minimum Gasteiger partial charge on any atom is -0.480 e. The zero-order valence-electron chi connectivity index (χ0n) is 10.9. The van der Waals surface area contributed by atoms with Crippen LogP contribution in [0.2, 0.25) is 0 Å². The first-order chi connectivity index (χ1) is 10.0.